The molecule has 3 N–H and O–H groups in total. The van der Waals surface area contributed by atoms with E-state index >= 15 is 0 Å². The molecule has 0 spiro atoms. The highest BCUT2D eigenvalue weighted by atomic mass is 32.2. The van der Waals surface area contributed by atoms with E-state index in [0.717, 1.165) is 11.8 Å². The van der Waals surface area contributed by atoms with E-state index in [-0.39, 0.29) is 47.5 Å². The Morgan fingerprint density at radius 3 is 2.71 bits per heavy atom. The summed E-state index contributed by atoms with van der Waals surface area (Å²) >= 11 is 1.04. The molecule has 2 aromatic rings. The van der Waals surface area contributed by atoms with Gasteiger partial charge in [-0.05, 0) is 18.2 Å². The Morgan fingerprint density at radius 1 is 1.16 bits per heavy atom. The summed E-state index contributed by atoms with van der Waals surface area (Å²) in [6.45, 7) is 0.649. The van der Waals surface area contributed by atoms with Crippen molar-refractivity contribution in [1.82, 2.24) is 15.3 Å². The molecule has 31 heavy (non-hydrogen) atoms. The minimum Gasteiger partial charge on any atom is -0.481 e. The Hall–Kier alpha value is -2.76. The minimum atomic E-state index is -0.959. The first-order chi connectivity index (χ1) is 15.0. The highest BCUT2D eigenvalue weighted by Crippen LogP contribution is 2.29. The molecule has 0 radical (unpaired) electrons. The maximum Gasteiger partial charge on any atom is 0.313 e. The standard InChI is InChI=1S/C20H21FN4O5S/c21-12-3-1-2-11(6-12)13-4-5-22-20(24-13)25-15-8-30-18-14(7-29-19(15)18)23-16(26)9-31-10-17(27)28/h1-6,14-15,18-19H,7-10H2,(H,23,26)(H,27,28)(H,22,24,25). The lowest BCUT2D eigenvalue weighted by Crippen LogP contribution is -2.45. The highest BCUT2D eigenvalue weighted by Gasteiger charge is 2.48. The Bertz CT molecular complexity index is 965. The number of ether oxygens (including phenoxy) is 2. The van der Waals surface area contributed by atoms with E-state index in [1.54, 1.807) is 24.4 Å². The first kappa shape index (κ1) is 21.5. The van der Waals surface area contributed by atoms with Crippen LogP contribution in [0.15, 0.2) is 36.5 Å². The van der Waals surface area contributed by atoms with Gasteiger partial charge in [0.1, 0.15) is 18.0 Å². The summed E-state index contributed by atoms with van der Waals surface area (Å²) in [7, 11) is 0. The molecule has 4 unspecified atom stereocenters. The maximum absolute atomic E-state index is 13.5. The molecule has 1 amide bonds. The maximum atomic E-state index is 13.5. The van der Waals surface area contributed by atoms with Gasteiger partial charge >= 0.3 is 5.97 Å². The van der Waals surface area contributed by atoms with Crippen LogP contribution >= 0.6 is 11.8 Å². The summed E-state index contributed by atoms with van der Waals surface area (Å²) in [5.41, 5.74) is 1.23. The number of carbonyl (C=O) groups is 2. The number of benzene rings is 1. The van der Waals surface area contributed by atoms with E-state index in [4.69, 9.17) is 14.6 Å². The molecule has 0 saturated carbocycles. The molecule has 4 atom stereocenters. The van der Waals surface area contributed by atoms with Gasteiger partial charge < -0.3 is 25.2 Å². The van der Waals surface area contributed by atoms with E-state index < -0.39 is 5.97 Å². The zero-order valence-corrected chi connectivity index (χ0v) is 17.2. The second kappa shape index (κ2) is 9.58. The number of hydrogen-bond acceptors (Lipinski definition) is 8. The third kappa shape index (κ3) is 5.30. The number of amides is 1. The van der Waals surface area contributed by atoms with Crippen LogP contribution in [0, 0.1) is 5.82 Å². The van der Waals surface area contributed by atoms with Crippen molar-refractivity contribution in [2.24, 2.45) is 0 Å². The number of thioether (sulfide) groups is 1. The molecule has 0 bridgehead atoms. The molecule has 164 valence electrons. The molecule has 4 rings (SSSR count). The predicted octanol–water partition coefficient (Wildman–Crippen LogP) is 1.16. The number of nitrogens with zero attached hydrogens (tertiary/aromatic N) is 2. The Kier molecular flexibility index (Phi) is 6.64. The van der Waals surface area contributed by atoms with E-state index in [9.17, 15) is 14.0 Å². The van der Waals surface area contributed by atoms with Crippen molar-refractivity contribution in [2.45, 2.75) is 24.3 Å². The first-order valence-corrected chi connectivity index (χ1v) is 10.8. The molecule has 9 nitrogen and oxygen atoms in total. The molecule has 3 heterocycles. The van der Waals surface area contributed by atoms with Gasteiger partial charge in [-0.25, -0.2) is 14.4 Å². The average molecular weight is 448 g/mol. The predicted molar refractivity (Wildman–Crippen MR) is 111 cm³/mol. The third-order valence-corrected chi connectivity index (χ3v) is 5.87. The van der Waals surface area contributed by atoms with Crippen LogP contribution in [0.3, 0.4) is 0 Å². The van der Waals surface area contributed by atoms with Gasteiger partial charge in [0, 0.05) is 11.8 Å². The van der Waals surface area contributed by atoms with Gasteiger partial charge in [-0.3, -0.25) is 9.59 Å². The number of anilines is 1. The Labute approximate surface area is 181 Å². The van der Waals surface area contributed by atoms with Crippen molar-refractivity contribution < 1.29 is 28.6 Å². The van der Waals surface area contributed by atoms with Crippen LogP contribution in [0.1, 0.15) is 0 Å². The third-order valence-electron chi connectivity index (χ3n) is 4.95. The average Bonchev–Trinajstić information content (AvgIpc) is 3.31. The van der Waals surface area contributed by atoms with Crippen molar-refractivity contribution in [3.05, 3.63) is 42.3 Å². The zero-order valence-electron chi connectivity index (χ0n) is 16.4. The van der Waals surface area contributed by atoms with Crippen molar-refractivity contribution in [3.63, 3.8) is 0 Å². The summed E-state index contributed by atoms with van der Waals surface area (Å²) < 4.78 is 25.2. The van der Waals surface area contributed by atoms with E-state index in [1.807, 2.05) is 0 Å². The number of nitrogens with one attached hydrogen (secondary N) is 2. The fourth-order valence-electron chi connectivity index (χ4n) is 3.63. The lowest BCUT2D eigenvalue weighted by Gasteiger charge is -2.18. The molecule has 2 saturated heterocycles. The second-order valence-corrected chi connectivity index (χ2v) is 8.17. The summed E-state index contributed by atoms with van der Waals surface area (Å²) in [6.07, 6.45) is 0.978. The molecule has 1 aromatic carbocycles. The SMILES string of the molecule is O=C(O)CSCC(=O)NC1COC2C(Nc3nccc(-c4cccc(F)c4)n3)COC12. The van der Waals surface area contributed by atoms with Crippen molar-refractivity contribution >= 4 is 29.6 Å². The van der Waals surface area contributed by atoms with Crippen LogP contribution in [0.2, 0.25) is 0 Å². The fourth-order valence-corrected chi connectivity index (χ4v) is 4.17. The van der Waals surface area contributed by atoms with E-state index in [0.29, 0.717) is 30.4 Å². The molecule has 1 aromatic heterocycles. The van der Waals surface area contributed by atoms with Crippen LogP contribution in [0.5, 0.6) is 0 Å². The Morgan fingerprint density at radius 2 is 1.94 bits per heavy atom. The van der Waals surface area contributed by atoms with Gasteiger partial charge in [0.2, 0.25) is 11.9 Å². The summed E-state index contributed by atoms with van der Waals surface area (Å²) in [5, 5.41) is 14.7. The second-order valence-electron chi connectivity index (χ2n) is 7.18. The monoisotopic (exact) mass is 448 g/mol. The topological polar surface area (TPSA) is 123 Å². The van der Waals surface area contributed by atoms with Crippen molar-refractivity contribution in [1.29, 1.82) is 0 Å². The van der Waals surface area contributed by atoms with Crippen LogP contribution < -0.4 is 10.6 Å². The molecular weight excluding hydrogens is 427 g/mol. The smallest absolute Gasteiger partial charge is 0.313 e. The highest BCUT2D eigenvalue weighted by molar-refractivity contribution is 8.00. The molecule has 0 aliphatic carbocycles. The van der Waals surface area contributed by atoms with Gasteiger partial charge in [-0.15, -0.1) is 11.8 Å². The number of rotatable bonds is 8. The van der Waals surface area contributed by atoms with Gasteiger partial charge in [0.05, 0.1) is 42.5 Å². The largest absolute Gasteiger partial charge is 0.481 e. The molecule has 2 fully saturated rings. The number of carbonyl (C=O) groups excluding carboxylic acids is 1. The fraction of sp³-hybridized carbons (Fsp3) is 0.400. The Balaban J connectivity index is 1.34. The van der Waals surface area contributed by atoms with Crippen molar-refractivity contribution in [3.8, 4) is 11.3 Å². The van der Waals surface area contributed by atoms with Crippen molar-refractivity contribution in [2.75, 3.05) is 30.0 Å². The molecule has 2 aliphatic heterocycles. The molecule has 2 aliphatic rings. The summed E-state index contributed by atoms with van der Waals surface area (Å²) in [6, 6.07) is 7.35. The number of carboxylic acid groups (broad SMARTS) is 1. The van der Waals surface area contributed by atoms with Crippen LogP contribution in [0.25, 0.3) is 11.3 Å². The van der Waals surface area contributed by atoms with E-state index in [1.165, 1.54) is 12.1 Å². The quantitative estimate of drug-likeness (QED) is 0.546. The van der Waals surface area contributed by atoms with Crippen LogP contribution in [0.4, 0.5) is 10.3 Å². The van der Waals surface area contributed by atoms with Gasteiger partial charge in [-0.1, -0.05) is 12.1 Å². The lowest BCUT2D eigenvalue weighted by atomic mass is 10.1. The number of fused-ring (bicyclic) bond motifs is 1. The van der Waals surface area contributed by atoms with Gasteiger partial charge in [-0.2, -0.15) is 0 Å². The summed E-state index contributed by atoms with van der Waals surface area (Å²) in [5.74, 6) is -1.26. The van der Waals surface area contributed by atoms with Gasteiger partial charge in [0.25, 0.3) is 0 Å². The zero-order chi connectivity index (χ0) is 21.8. The number of aromatic nitrogens is 2. The summed E-state index contributed by atoms with van der Waals surface area (Å²) in [4.78, 5) is 31.3. The minimum absolute atomic E-state index is 0.0581. The molecular formula is C20H21FN4O5S. The van der Waals surface area contributed by atoms with E-state index in [2.05, 4.69) is 20.6 Å². The molecule has 11 heteroatoms. The number of aliphatic carboxylic acids is 1. The number of carboxylic acids is 1. The number of halogens is 1. The van der Waals surface area contributed by atoms with Crippen LogP contribution in [-0.2, 0) is 19.1 Å². The van der Waals surface area contributed by atoms with Crippen LogP contribution in [-0.4, -0.2) is 76.0 Å². The lowest BCUT2D eigenvalue weighted by molar-refractivity contribution is -0.133. The first-order valence-electron chi connectivity index (χ1n) is 9.67. The number of hydrogen-bond donors (Lipinski definition) is 3. The van der Waals surface area contributed by atoms with Gasteiger partial charge in [0.15, 0.2) is 0 Å². The normalized spacial score (nSPS) is 24.5.